The highest BCUT2D eigenvalue weighted by atomic mass is 32.2. The molecule has 1 aromatic carbocycles. The second-order valence-electron chi connectivity index (χ2n) is 4.63. The van der Waals surface area contributed by atoms with Crippen molar-refractivity contribution in [2.24, 2.45) is 0 Å². The van der Waals surface area contributed by atoms with Gasteiger partial charge in [0.05, 0.1) is 11.4 Å². The summed E-state index contributed by atoms with van der Waals surface area (Å²) in [6.45, 7) is 2.19. The summed E-state index contributed by atoms with van der Waals surface area (Å²) in [7, 11) is -3.22. The third-order valence-electron chi connectivity index (χ3n) is 2.96. The topological polar surface area (TPSA) is 79.5 Å². The number of aliphatic hydroxyl groups is 1. The monoisotopic (exact) mass is 295 g/mol. The Kier molecular flexibility index (Phi) is 4.15. The molecule has 0 aliphatic heterocycles. The predicted molar refractivity (Wildman–Crippen MR) is 76.2 cm³/mol. The maximum Gasteiger partial charge on any atom is 0.175 e. The molecule has 0 aliphatic rings. The maximum absolute atomic E-state index is 11.5. The van der Waals surface area contributed by atoms with E-state index in [0.717, 1.165) is 11.3 Å². The lowest BCUT2D eigenvalue weighted by atomic mass is 10.2. The summed E-state index contributed by atoms with van der Waals surface area (Å²) >= 11 is 0. The van der Waals surface area contributed by atoms with E-state index in [-0.39, 0.29) is 11.5 Å². The van der Waals surface area contributed by atoms with Gasteiger partial charge in [0.15, 0.2) is 9.84 Å². The van der Waals surface area contributed by atoms with Gasteiger partial charge in [0.1, 0.15) is 18.1 Å². The number of hydrogen-bond acceptors (Lipinski definition) is 5. The molecular weight excluding hydrogens is 278 g/mol. The minimum Gasteiger partial charge on any atom is -0.462 e. The molecule has 2 aromatic rings. The first-order chi connectivity index (χ1) is 9.40. The highest BCUT2D eigenvalue weighted by Crippen LogP contribution is 2.21. The Hall–Kier alpha value is -1.79. The fourth-order valence-electron chi connectivity index (χ4n) is 1.81. The van der Waals surface area contributed by atoms with Gasteiger partial charge >= 0.3 is 0 Å². The zero-order chi connectivity index (χ0) is 14.8. The molecule has 0 aliphatic carbocycles. The second-order valence-corrected chi connectivity index (χ2v) is 6.64. The number of aryl methyl sites for hydroxylation is 1. The Balaban J connectivity index is 2.16. The van der Waals surface area contributed by atoms with Crippen LogP contribution in [0.1, 0.15) is 17.1 Å². The molecule has 0 unspecified atom stereocenters. The predicted octanol–water partition coefficient (Wildman–Crippen LogP) is 2.10. The number of hydrogen-bond donors (Lipinski definition) is 2. The molecule has 0 saturated heterocycles. The summed E-state index contributed by atoms with van der Waals surface area (Å²) in [6.07, 6.45) is 1.18. The number of furan rings is 1. The molecule has 2 N–H and O–H groups in total. The average molecular weight is 295 g/mol. The lowest BCUT2D eigenvalue weighted by molar-refractivity contribution is 0.244. The van der Waals surface area contributed by atoms with E-state index in [1.807, 2.05) is 6.92 Å². The third-order valence-corrected chi connectivity index (χ3v) is 4.07. The van der Waals surface area contributed by atoms with Crippen LogP contribution in [-0.4, -0.2) is 19.8 Å². The standard InChI is InChI=1S/C14H17NO4S/c1-10-3-6-13(20(2,17)18)7-14(10)15-8-11-4-5-12(9-16)19-11/h3-7,15-16H,8-9H2,1-2H3. The largest absolute Gasteiger partial charge is 0.462 e. The second kappa shape index (κ2) is 5.68. The molecule has 0 radical (unpaired) electrons. The molecule has 0 atom stereocenters. The number of rotatable bonds is 5. The molecular formula is C14H17NO4S. The van der Waals surface area contributed by atoms with E-state index in [9.17, 15) is 8.42 Å². The zero-order valence-corrected chi connectivity index (χ0v) is 12.2. The first-order valence-electron chi connectivity index (χ1n) is 6.13. The molecule has 0 bridgehead atoms. The smallest absolute Gasteiger partial charge is 0.175 e. The van der Waals surface area contributed by atoms with Gasteiger partial charge in [0.25, 0.3) is 0 Å². The van der Waals surface area contributed by atoms with Crippen molar-refractivity contribution in [3.05, 3.63) is 47.4 Å². The van der Waals surface area contributed by atoms with Gasteiger partial charge in [-0.1, -0.05) is 6.07 Å². The summed E-state index contributed by atoms with van der Waals surface area (Å²) < 4.78 is 28.4. The van der Waals surface area contributed by atoms with E-state index in [2.05, 4.69) is 5.32 Å². The Labute approximate surface area is 118 Å². The molecule has 1 heterocycles. The summed E-state index contributed by atoms with van der Waals surface area (Å²) in [6, 6.07) is 8.44. The lowest BCUT2D eigenvalue weighted by Crippen LogP contribution is -2.03. The number of nitrogens with one attached hydrogen (secondary N) is 1. The van der Waals surface area contributed by atoms with Crippen molar-refractivity contribution in [1.29, 1.82) is 0 Å². The molecule has 5 nitrogen and oxygen atoms in total. The van der Waals surface area contributed by atoms with Crippen LogP contribution < -0.4 is 5.32 Å². The number of anilines is 1. The van der Waals surface area contributed by atoms with Gasteiger partial charge in [-0.3, -0.25) is 0 Å². The highest BCUT2D eigenvalue weighted by molar-refractivity contribution is 7.90. The Morgan fingerprint density at radius 2 is 1.90 bits per heavy atom. The van der Waals surface area contributed by atoms with Crippen LogP contribution in [0.3, 0.4) is 0 Å². The molecule has 6 heteroatoms. The van der Waals surface area contributed by atoms with Gasteiger partial charge in [-0.05, 0) is 36.8 Å². The maximum atomic E-state index is 11.5. The molecule has 0 spiro atoms. The first-order valence-corrected chi connectivity index (χ1v) is 8.02. The molecule has 108 valence electrons. The molecule has 0 fully saturated rings. The zero-order valence-electron chi connectivity index (χ0n) is 11.4. The van der Waals surface area contributed by atoms with Crippen molar-refractivity contribution in [3.8, 4) is 0 Å². The van der Waals surface area contributed by atoms with Crippen LogP contribution in [0.25, 0.3) is 0 Å². The fourth-order valence-corrected chi connectivity index (χ4v) is 2.45. The Morgan fingerprint density at radius 3 is 2.50 bits per heavy atom. The lowest BCUT2D eigenvalue weighted by Gasteiger charge is -2.10. The SMILES string of the molecule is Cc1ccc(S(C)(=O)=O)cc1NCc1ccc(CO)o1. The van der Waals surface area contributed by atoms with E-state index in [4.69, 9.17) is 9.52 Å². The summed E-state index contributed by atoms with van der Waals surface area (Å²) in [5.41, 5.74) is 1.70. The molecule has 20 heavy (non-hydrogen) atoms. The van der Waals surface area contributed by atoms with Crippen LogP contribution in [0.15, 0.2) is 39.6 Å². The van der Waals surface area contributed by atoms with Gasteiger partial charge < -0.3 is 14.8 Å². The van der Waals surface area contributed by atoms with Crippen LogP contribution in [0.5, 0.6) is 0 Å². The number of benzene rings is 1. The van der Waals surface area contributed by atoms with Crippen LogP contribution >= 0.6 is 0 Å². The van der Waals surface area contributed by atoms with Crippen molar-refractivity contribution < 1.29 is 17.9 Å². The van der Waals surface area contributed by atoms with Crippen molar-refractivity contribution in [2.45, 2.75) is 25.0 Å². The number of aliphatic hydroxyl groups excluding tert-OH is 1. The van der Waals surface area contributed by atoms with Gasteiger partial charge in [-0.25, -0.2) is 8.42 Å². The minimum atomic E-state index is -3.22. The number of sulfone groups is 1. The van der Waals surface area contributed by atoms with Gasteiger partial charge in [0.2, 0.25) is 0 Å². The molecule has 0 amide bonds. The summed E-state index contributed by atoms with van der Waals surface area (Å²) in [5, 5.41) is 12.1. The Bertz CT molecular complexity index is 704. The van der Waals surface area contributed by atoms with Gasteiger partial charge in [-0.2, -0.15) is 0 Å². The van der Waals surface area contributed by atoms with E-state index in [0.29, 0.717) is 18.1 Å². The Morgan fingerprint density at radius 1 is 1.20 bits per heavy atom. The third kappa shape index (κ3) is 3.40. The summed E-state index contributed by atoms with van der Waals surface area (Å²) in [5.74, 6) is 1.18. The molecule has 0 saturated carbocycles. The minimum absolute atomic E-state index is 0.136. The van der Waals surface area contributed by atoms with Crippen LogP contribution in [0, 0.1) is 6.92 Å². The van der Waals surface area contributed by atoms with E-state index >= 15 is 0 Å². The van der Waals surface area contributed by atoms with Crippen molar-refractivity contribution in [1.82, 2.24) is 0 Å². The van der Waals surface area contributed by atoms with Gasteiger partial charge in [-0.15, -0.1) is 0 Å². The van der Waals surface area contributed by atoms with E-state index < -0.39 is 9.84 Å². The van der Waals surface area contributed by atoms with Crippen molar-refractivity contribution in [2.75, 3.05) is 11.6 Å². The quantitative estimate of drug-likeness (QED) is 0.883. The van der Waals surface area contributed by atoms with Crippen LogP contribution in [0.4, 0.5) is 5.69 Å². The average Bonchev–Trinajstić information content (AvgIpc) is 2.84. The van der Waals surface area contributed by atoms with Crippen molar-refractivity contribution in [3.63, 3.8) is 0 Å². The van der Waals surface area contributed by atoms with Crippen LogP contribution in [0.2, 0.25) is 0 Å². The van der Waals surface area contributed by atoms with E-state index in [1.54, 1.807) is 30.3 Å². The highest BCUT2D eigenvalue weighted by Gasteiger charge is 2.09. The van der Waals surface area contributed by atoms with Gasteiger partial charge in [0, 0.05) is 11.9 Å². The normalized spacial score (nSPS) is 11.6. The first kappa shape index (κ1) is 14.6. The summed E-state index contributed by atoms with van der Waals surface area (Å²) in [4.78, 5) is 0.279. The fraction of sp³-hybridized carbons (Fsp3) is 0.286. The molecule has 2 rings (SSSR count). The van der Waals surface area contributed by atoms with Crippen molar-refractivity contribution >= 4 is 15.5 Å². The van der Waals surface area contributed by atoms with E-state index in [1.165, 1.54) is 6.26 Å². The molecule has 1 aromatic heterocycles. The van der Waals surface area contributed by atoms with Crippen LogP contribution in [-0.2, 0) is 23.0 Å².